The minimum Gasteiger partial charge on any atom is -0.497 e. The zero-order valence-corrected chi connectivity index (χ0v) is 18.0. The molecule has 0 spiro atoms. The maximum absolute atomic E-state index is 5.52. The number of benzene rings is 1. The maximum Gasteiger partial charge on any atom is 0.191 e. The van der Waals surface area contributed by atoms with Gasteiger partial charge in [-0.1, -0.05) is 6.92 Å². The van der Waals surface area contributed by atoms with Gasteiger partial charge in [0.15, 0.2) is 5.96 Å². The van der Waals surface area contributed by atoms with E-state index in [-0.39, 0.29) is 6.04 Å². The first-order valence-electron chi connectivity index (χ1n) is 10.1. The molecule has 0 saturated carbocycles. The fourth-order valence-corrected chi connectivity index (χ4v) is 3.31. The molecule has 0 aliphatic carbocycles. The quantitative estimate of drug-likeness (QED) is 0.496. The molecule has 1 heterocycles. The summed E-state index contributed by atoms with van der Waals surface area (Å²) in [5, 5.41) is 6.83. The third-order valence-corrected chi connectivity index (χ3v) is 4.84. The lowest BCUT2D eigenvalue weighted by molar-refractivity contribution is 0.0323. The Morgan fingerprint density at radius 1 is 1.21 bits per heavy atom. The standard InChI is InChI=1S/C21H36N4O3/c1-6-22-21(23-14-16(2)15-25-9-11-28-12-10-25)24-17(3)19-13-18(26-4)7-8-20(19)27-5/h7-8,13,16-17H,6,9-12,14-15H2,1-5H3,(H2,22,23,24). The second-order valence-electron chi connectivity index (χ2n) is 7.21. The van der Waals surface area contributed by atoms with Crippen LogP contribution in [0.25, 0.3) is 0 Å². The number of nitrogens with one attached hydrogen (secondary N) is 2. The summed E-state index contributed by atoms with van der Waals surface area (Å²) in [5.41, 5.74) is 1.04. The average Bonchev–Trinajstić information content (AvgIpc) is 2.72. The van der Waals surface area contributed by atoms with Gasteiger partial charge < -0.3 is 24.8 Å². The van der Waals surface area contributed by atoms with E-state index >= 15 is 0 Å². The van der Waals surface area contributed by atoms with E-state index in [4.69, 9.17) is 19.2 Å². The summed E-state index contributed by atoms with van der Waals surface area (Å²) in [6.45, 7) is 12.7. The Hall–Kier alpha value is -1.99. The van der Waals surface area contributed by atoms with Gasteiger partial charge in [0, 0.05) is 38.3 Å². The molecule has 2 rings (SSSR count). The van der Waals surface area contributed by atoms with E-state index in [1.165, 1.54) is 0 Å². The monoisotopic (exact) mass is 392 g/mol. The van der Waals surface area contributed by atoms with Crippen LogP contribution in [0.5, 0.6) is 11.5 Å². The van der Waals surface area contributed by atoms with Crippen LogP contribution in [0.15, 0.2) is 23.2 Å². The van der Waals surface area contributed by atoms with E-state index in [9.17, 15) is 0 Å². The Morgan fingerprint density at radius 3 is 2.61 bits per heavy atom. The molecular weight excluding hydrogens is 356 g/mol. The molecular formula is C21H36N4O3. The van der Waals surface area contributed by atoms with Gasteiger partial charge in [0.1, 0.15) is 11.5 Å². The van der Waals surface area contributed by atoms with Crippen molar-refractivity contribution in [1.29, 1.82) is 0 Å². The largest absolute Gasteiger partial charge is 0.497 e. The van der Waals surface area contributed by atoms with Crippen molar-refractivity contribution >= 4 is 5.96 Å². The van der Waals surface area contributed by atoms with Gasteiger partial charge >= 0.3 is 0 Å². The molecule has 1 aliphatic rings. The van der Waals surface area contributed by atoms with Crippen LogP contribution in [-0.4, -0.2) is 71.0 Å². The van der Waals surface area contributed by atoms with Crippen molar-refractivity contribution in [2.24, 2.45) is 10.9 Å². The zero-order valence-electron chi connectivity index (χ0n) is 18.0. The number of hydrogen-bond acceptors (Lipinski definition) is 5. The van der Waals surface area contributed by atoms with E-state index < -0.39 is 0 Å². The Bertz CT molecular complexity index is 618. The smallest absolute Gasteiger partial charge is 0.191 e. The molecule has 7 nitrogen and oxygen atoms in total. The third-order valence-electron chi connectivity index (χ3n) is 4.84. The van der Waals surface area contributed by atoms with Crippen LogP contribution in [0.4, 0.5) is 0 Å². The van der Waals surface area contributed by atoms with Gasteiger partial charge in [-0.15, -0.1) is 0 Å². The van der Waals surface area contributed by atoms with Crippen LogP contribution >= 0.6 is 0 Å². The number of aliphatic imine (C=N–C) groups is 1. The van der Waals surface area contributed by atoms with Crippen molar-refractivity contribution in [3.63, 3.8) is 0 Å². The normalized spacial score (nSPS) is 17.7. The number of ether oxygens (including phenoxy) is 3. The summed E-state index contributed by atoms with van der Waals surface area (Å²) in [6, 6.07) is 5.86. The van der Waals surface area contributed by atoms with Crippen molar-refractivity contribution in [3.05, 3.63) is 23.8 Å². The molecule has 1 fully saturated rings. The molecule has 158 valence electrons. The van der Waals surface area contributed by atoms with Gasteiger partial charge in [0.25, 0.3) is 0 Å². The molecule has 1 aliphatic heterocycles. The minimum absolute atomic E-state index is 0.0254. The zero-order chi connectivity index (χ0) is 20.4. The van der Waals surface area contributed by atoms with E-state index in [1.54, 1.807) is 14.2 Å². The van der Waals surface area contributed by atoms with Crippen LogP contribution in [0.1, 0.15) is 32.4 Å². The van der Waals surface area contributed by atoms with Gasteiger partial charge in [-0.3, -0.25) is 9.89 Å². The second kappa shape index (κ2) is 11.8. The van der Waals surface area contributed by atoms with Crippen LogP contribution in [0.2, 0.25) is 0 Å². The number of hydrogen-bond donors (Lipinski definition) is 2. The first-order chi connectivity index (χ1) is 13.6. The lowest BCUT2D eigenvalue weighted by Gasteiger charge is -2.28. The first-order valence-corrected chi connectivity index (χ1v) is 10.1. The molecule has 2 atom stereocenters. The maximum atomic E-state index is 5.52. The lowest BCUT2D eigenvalue weighted by Crippen LogP contribution is -2.41. The molecule has 2 N–H and O–H groups in total. The Labute approximate surface area is 169 Å². The highest BCUT2D eigenvalue weighted by atomic mass is 16.5. The Kier molecular flexibility index (Phi) is 9.37. The summed E-state index contributed by atoms with van der Waals surface area (Å²) >= 11 is 0. The highest BCUT2D eigenvalue weighted by Gasteiger charge is 2.16. The molecule has 7 heteroatoms. The van der Waals surface area contributed by atoms with Gasteiger partial charge in [-0.2, -0.15) is 0 Å². The van der Waals surface area contributed by atoms with Gasteiger partial charge in [0.2, 0.25) is 0 Å². The van der Waals surface area contributed by atoms with Gasteiger partial charge in [0.05, 0.1) is 33.5 Å². The number of nitrogens with zero attached hydrogens (tertiary/aromatic N) is 2. The summed E-state index contributed by atoms with van der Waals surface area (Å²) in [5.74, 6) is 2.94. The third kappa shape index (κ3) is 6.87. The Balaban J connectivity index is 1.99. The number of rotatable bonds is 9. The summed E-state index contributed by atoms with van der Waals surface area (Å²) in [4.78, 5) is 7.26. The van der Waals surface area contributed by atoms with E-state index in [0.29, 0.717) is 5.92 Å². The van der Waals surface area contributed by atoms with Crippen molar-refractivity contribution in [2.45, 2.75) is 26.8 Å². The molecule has 28 heavy (non-hydrogen) atoms. The fourth-order valence-electron chi connectivity index (χ4n) is 3.31. The van der Waals surface area contributed by atoms with Crippen molar-refractivity contribution in [3.8, 4) is 11.5 Å². The lowest BCUT2D eigenvalue weighted by atomic mass is 10.1. The number of morpholine rings is 1. The molecule has 0 radical (unpaired) electrons. The number of guanidine groups is 1. The van der Waals surface area contributed by atoms with E-state index in [1.807, 2.05) is 18.2 Å². The van der Waals surface area contributed by atoms with Crippen LogP contribution in [0.3, 0.4) is 0 Å². The average molecular weight is 393 g/mol. The van der Waals surface area contributed by atoms with Crippen molar-refractivity contribution in [2.75, 3.05) is 60.2 Å². The molecule has 0 aromatic heterocycles. The minimum atomic E-state index is 0.0254. The van der Waals surface area contributed by atoms with Crippen LogP contribution < -0.4 is 20.1 Å². The summed E-state index contributed by atoms with van der Waals surface area (Å²) < 4.78 is 16.3. The Morgan fingerprint density at radius 2 is 1.96 bits per heavy atom. The fraction of sp³-hybridized carbons (Fsp3) is 0.667. The van der Waals surface area contributed by atoms with E-state index in [0.717, 1.165) is 69.0 Å². The van der Waals surface area contributed by atoms with Gasteiger partial charge in [-0.25, -0.2) is 0 Å². The number of methoxy groups -OCH3 is 2. The van der Waals surface area contributed by atoms with Crippen LogP contribution in [0, 0.1) is 5.92 Å². The SMILES string of the molecule is CCNC(=NCC(C)CN1CCOCC1)NC(C)c1cc(OC)ccc1OC. The van der Waals surface area contributed by atoms with Crippen molar-refractivity contribution < 1.29 is 14.2 Å². The highest BCUT2D eigenvalue weighted by molar-refractivity contribution is 5.80. The second-order valence-corrected chi connectivity index (χ2v) is 7.21. The van der Waals surface area contributed by atoms with Crippen molar-refractivity contribution in [1.82, 2.24) is 15.5 Å². The van der Waals surface area contributed by atoms with E-state index in [2.05, 4.69) is 36.3 Å². The predicted octanol–water partition coefficient (Wildman–Crippen LogP) is 2.29. The molecule has 1 aromatic rings. The molecule has 0 amide bonds. The molecule has 2 unspecified atom stereocenters. The summed E-state index contributed by atoms with van der Waals surface area (Å²) in [6.07, 6.45) is 0. The van der Waals surface area contributed by atoms with Crippen LogP contribution in [-0.2, 0) is 4.74 Å². The molecule has 0 bridgehead atoms. The first kappa shape index (κ1) is 22.3. The van der Waals surface area contributed by atoms with Gasteiger partial charge in [-0.05, 0) is 38.0 Å². The topological polar surface area (TPSA) is 67.4 Å². The predicted molar refractivity (Wildman–Crippen MR) is 113 cm³/mol. The molecule has 1 saturated heterocycles. The molecule has 1 aromatic carbocycles. The summed E-state index contributed by atoms with van der Waals surface area (Å²) in [7, 11) is 3.36. The highest BCUT2D eigenvalue weighted by Crippen LogP contribution is 2.29.